The average Bonchev–Trinajstić information content (AvgIpc) is 2.34. The predicted octanol–water partition coefficient (Wildman–Crippen LogP) is 4.87. The molecule has 0 amide bonds. The predicted molar refractivity (Wildman–Crippen MR) is 80.5 cm³/mol. The molecule has 0 unspecified atom stereocenters. The molecular weight excluding hydrogens is 218 g/mol. The number of rotatable bonds is 0. The SMILES string of the molecule is CC1(C)/C=C\C=C/C(=N)c2ccccc21.CCC. The minimum Gasteiger partial charge on any atom is -0.300 e. The fourth-order valence-electron chi connectivity index (χ4n) is 1.91. The van der Waals surface area contributed by atoms with Crippen LogP contribution in [-0.2, 0) is 5.41 Å². The van der Waals surface area contributed by atoms with Crippen LogP contribution in [0.3, 0.4) is 0 Å². The second-order valence-corrected chi connectivity index (χ2v) is 5.11. The zero-order valence-corrected chi connectivity index (χ0v) is 11.8. The van der Waals surface area contributed by atoms with Crippen molar-refractivity contribution in [2.45, 2.75) is 39.5 Å². The van der Waals surface area contributed by atoms with Gasteiger partial charge in [0.2, 0.25) is 0 Å². The Hall–Kier alpha value is -1.63. The number of nitrogens with one attached hydrogen (secondary N) is 1. The Morgan fingerprint density at radius 2 is 1.67 bits per heavy atom. The third kappa shape index (κ3) is 3.43. The maximum Gasteiger partial charge on any atom is 0.0615 e. The highest BCUT2D eigenvalue weighted by Gasteiger charge is 2.21. The van der Waals surface area contributed by atoms with Gasteiger partial charge in [0.15, 0.2) is 0 Å². The maximum absolute atomic E-state index is 7.96. The number of fused-ring (bicyclic) bond motifs is 1. The molecule has 1 aliphatic rings. The van der Waals surface area contributed by atoms with Crippen LogP contribution < -0.4 is 0 Å². The summed E-state index contributed by atoms with van der Waals surface area (Å²) in [7, 11) is 0. The maximum atomic E-state index is 7.96. The molecule has 1 aliphatic carbocycles. The molecule has 0 aliphatic heterocycles. The van der Waals surface area contributed by atoms with Crippen molar-refractivity contribution in [1.82, 2.24) is 0 Å². The van der Waals surface area contributed by atoms with E-state index in [9.17, 15) is 0 Å². The first-order valence-electron chi connectivity index (χ1n) is 6.57. The van der Waals surface area contributed by atoms with Crippen molar-refractivity contribution in [3.05, 3.63) is 59.7 Å². The van der Waals surface area contributed by atoms with Crippen LogP contribution in [0.15, 0.2) is 48.6 Å². The van der Waals surface area contributed by atoms with Crippen LogP contribution in [0.5, 0.6) is 0 Å². The van der Waals surface area contributed by atoms with Crippen LogP contribution in [0.2, 0.25) is 0 Å². The number of benzene rings is 1. The Kier molecular flexibility index (Phi) is 5.08. The van der Waals surface area contributed by atoms with Crippen molar-refractivity contribution in [2.24, 2.45) is 0 Å². The van der Waals surface area contributed by atoms with E-state index in [0.29, 0.717) is 5.71 Å². The second kappa shape index (κ2) is 6.34. The van der Waals surface area contributed by atoms with E-state index in [1.807, 2.05) is 36.4 Å². The Labute approximate surface area is 111 Å². The smallest absolute Gasteiger partial charge is 0.0615 e. The lowest BCUT2D eigenvalue weighted by Gasteiger charge is -2.25. The van der Waals surface area contributed by atoms with Crippen molar-refractivity contribution >= 4 is 5.71 Å². The third-order valence-corrected chi connectivity index (χ3v) is 2.80. The van der Waals surface area contributed by atoms with E-state index in [-0.39, 0.29) is 5.41 Å². The topological polar surface area (TPSA) is 23.9 Å². The molecule has 0 atom stereocenters. The lowest BCUT2D eigenvalue weighted by atomic mass is 9.79. The highest BCUT2D eigenvalue weighted by atomic mass is 14.4. The normalized spacial score (nSPS) is 19.7. The molecule has 0 saturated heterocycles. The largest absolute Gasteiger partial charge is 0.300 e. The molecule has 0 saturated carbocycles. The van der Waals surface area contributed by atoms with Crippen LogP contribution >= 0.6 is 0 Å². The summed E-state index contributed by atoms with van der Waals surface area (Å²) in [5, 5.41) is 7.96. The van der Waals surface area contributed by atoms with Gasteiger partial charge in [-0.05, 0) is 11.6 Å². The fraction of sp³-hybridized carbons (Fsp3) is 0.353. The van der Waals surface area contributed by atoms with Crippen LogP contribution in [0.4, 0.5) is 0 Å². The molecule has 1 aromatic carbocycles. The molecule has 0 aromatic heterocycles. The van der Waals surface area contributed by atoms with E-state index in [2.05, 4.69) is 39.8 Å². The van der Waals surface area contributed by atoms with Gasteiger partial charge in [-0.1, -0.05) is 76.6 Å². The lowest BCUT2D eigenvalue weighted by Crippen LogP contribution is -2.18. The van der Waals surface area contributed by atoms with Gasteiger partial charge < -0.3 is 5.41 Å². The number of hydrogen-bond acceptors (Lipinski definition) is 1. The number of hydrogen-bond donors (Lipinski definition) is 1. The Morgan fingerprint density at radius 3 is 2.33 bits per heavy atom. The van der Waals surface area contributed by atoms with Crippen molar-refractivity contribution < 1.29 is 0 Å². The minimum atomic E-state index is -0.00630. The van der Waals surface area contributed by atoms with Gasteiger partial charge in [-0.2, -0.15) is 0 Å². The molecule has 0 radical (unpaired) electrons. The van der Waals surface area contributed by atoms with Crippen LogP contribution in [0, 0.1) is 5.41 Å². The van der Waals surface area contributed by atoms with Gasteiger partial charge in [0.1, 0.15) is 0 Å². The Morgan fingerprint density at radius 1 is 1.06 bits per heavy atom. The molecule has 1 N–H and O–H groups in total. The summed E-state index contributed by atoms with van der Waals surface area (Å²) >= 11 is 0. The zero-order chi connectivity index (χ0) is 13.6. The van der Waals surface area contributed by atoms with E-state index >= 15 is 0 Å². The van der Waals surface area contributed by atoms with Crippen molar-refractivity contribution in [3.8, 4) is 0 Å². The molecule has 18 heavy (non-hydrogen) atoms. The fourth-order valence-corrected chi connectivity index (χ4v) is 1.91. The van der Waals surface area contributed by atoms with Gasteiger partial charge in [-0.3, -0.25) is 0 Å². The monoisotopic (exact) mass is 241 g/mol. The summed E-state index contributed by atoms with van der Waals surface area (Å²) in [5.41, 5.74) is 2.83. The van der Waals surface area contributed by atoms with E-state index in [0.717, 1.165) is 5.56 Å². The third-order valence-electron chi connectivity index (χ3n) is 2.80. The van der Waals surface area contributed by atoms with E-state index in [4.69, 9.17) is 5.41 Å². The number of allylic oxidation sites excluding steroid dienone is 4. The lowest BCUT2D eigenvalue weighted by molar-refractivity contribution is 0.668. The van der Waals surface area contributed by atoms with Gasteiger partial charge >= 0.3 is 0 Å². The quantitative estimate of drug-likeness (QED) is 0.669. The highest BCUT2D eigenvalue weighted by Crippen LogP contribution is 2.29. The van der Waals surface area contributed by atoms with Crippen molar-refractivity contribution in [1.29, 1.82) is 5.41 Å². The van der Waals surface area contributed by atoms with Gasteiger partial charge in [0.05, 0.1) is 5.71 Å². The molecule has 1 heteroatoms. The summed E-state index contributed by atoms with van der Waals surface area (Å²) in [6.45, 7) is 8.60. The first-order chi connectivity index (χ1) is 8.53. The zero-order valence-electron chi connectivity index (χ0n) is 11.8. The van der Waals surface area contributed by atoms with E-state index in [1.54, 1.807) is 0 Å². The summed E-state index contributed by atoms with van der Waals surface area (Å²) in [6, 6.07) is 8.14. The average molecular weight is 241 g/mol. The van der Waals surface area contributed by atoms with Gasteiger partial charge in [-0.15, -0.1) is 0 Å². The summed E-state index contributed by atoms with van der Waals surface area (Å²) in [4.78, 5) is 0. The summed E-state index contributed by atoms with van der Waals surface area (Å²) in [6.07, 6.45) is 9.21. The van der Waals surface area contributed by atoms with Gasteiger partial charge in [-0.25, -0.2) is 0 Å². The van der Waals surface area contributed by atoms with E-state index in [1.165, 1.54) is 12.0 Å². The minimum absolute atomic E-state index is 0.00630. The molecule has 0 heterocycles. The van der Waals surface area contributed by atoms with Gasteiger partial charge in [0.25, 0.3) is 0 Å². The van der Waals surface area contributed by atoms with Crippen molar-refractivity contribution in [2.75, 3.05) is 0 Å². The molecule has 96 valence electrons. The molecule has 1 aromatic rings. The van der Waals surface area contributed by atoms with E-state index < -0.39 is 0 Å². The van der Waals surface area contributed by atoms with Crippen LogP contribution in [0.1, 0.15) is 45.2 Å². The Balaban J connectivity index is 0.000000492. The second-order valence-electron chi connectivity index (χ2n) is 5.11. The van der Waals surface area contributed by atoms with Gasteiger partial charge in [0, 0.05) is 11.0 Å². The summed E-state index contributed by atoms with van der Waals surface area (Å²) in [5.74, 6) is 0. The van der Waals surface area contributed by atoms with Crippen LogP contribution in [0.25, 0.3) is 0 Å². The molecule has 2 rings (SSSR count). The summed E-state index contributed by atoms with van der Waals surface area (Å²) < 4.78 is 0. The standard InChI is InChI=1S/C14H15N.C3H8/c1-14(2)10-6-5-9-13(15)11-7-3-4-8-12(11)14;1-3-2/h3-10,15H,1-2H3;3H2,1-2H3/b9-5-,10-6-,15-13?;. The Bertz CT molecular complexity index is 464. The highest BCUT2D eigenvalue weighted by molar-refractivity contribution is 6.08. The molecular formula is C17H23N. The first kappa shape index (κ1) is 14.4. The first-order valence-corrected chi connectivity index (χ1v) is 6.57. The molecule has 0 spiro atoms. The molecule has 0 fully saturated rings. The molecule has 0 bridgehead atoms. The molecule has 1 nitrogen and oxygen atoms in total. The van der Waals surface area contributed by atoms with Crippen molar-refractivity contribution in [3.63, 3.8) is 0 Å². The van der Waals surface area contributed by atoms with Crippen LogP contribution in [-0.4, -0.2) is 5.71 Å².